The van der Waals surface area contributed by atoms with Gasteiger partial charge in [0.2, 0.25) is 0 Å². The van der Waals surface area contributed by atoms with Gasteiger partial charge in [0.15, 0.2) is 0 Å². The van der Waals surface area contributed by atoms with Gasteiger partial charge in [0.05, 0.1) is 0 Å². The fraction of sp³-hybridized carbons (Fsp3) is 0.455. The maximum Gasteiger partial charge on any atom is 0.125 e. The molecular weight excluding hydrogens is 242 g/mol. The average molecular weight is 256 g/mol. The lowest BCUT2D eigenvalue weighted by atomic mass is 10.1. The second kappa shape index (κ2) is 3.55. The zero-order valence-electron chi connectivity index (χ0n) is 8.43. The van der Waals surface area contributed by atoms with Gasteiger partial charge in [0.1, 0.15) is 11.4 Å². The maximum atomic E-state index is 5.93. The van der Waals surface area contributed by atoms with Crippen LogP contribution in [0.15, 0.2) is 22.7 Å². The summed E-state index contributed by atoms with van der Waals surface area (Å²) in [6.07, 6.45) is 0. The molecule has 0 aliphatic carbocycles. The monoisotopic (exact) mass is 255 g/mol. The van der Waals surface area contributed by atoms with Crippen LogP contribution in [0.25, 0.3) is 0 Å². The molecule has 0 saturated carbocycles. The van der Waals surface area contributed by atoms with Crippen LogP contribution in [0, 0.1) is 0 Å². The third-order valence-corrected chi connectivity index (χ3v) is 2.77. The summed E-state index contributed by atoms with van der Waals surface area (Å²) in [4.78, 5) is 0. The van der Waals surface area contributed by atoms with Crippen molar-refractivity contribution in [2.75, 3.05) is 6.54 Å². The maximum absolute atomic E-state index is 5.93. The quantitative estimate of drug-likeness (QED) is 0.770. The van der Waals surface area contributed by atoms with Gasteiger partial charge in [-0.1, -0.05) is 22.0 Å². The number of nitrogens with one attached hydrogen (secondary N) is 1. The van der Waals surface area contributed by atoms with Crippen LogP contribution < -0.4 is 10.1 Å². The van der Waals surface area contributed by atoms with Crippen LogP contribution in [0.1, 0.15) is 19.4 Å². The van der Waals surface area contributed by atoms with Crippen molar-refractivity contribution >= 4 is 15.9 Å². The highest BCUT2D eigenvalue weighted by Gasteiger charge is 2.23. The summed E-state index contributed by atoms with van der Waals surface area (Å²) >= 11 is 3.45. The minimum absolute atomic E-state index is 0.133. The van der Waals surface area contributed by atoms with E-state index in [9.17, 15) is 0 Å². The van der Waals surface area contributed by atoms with Crippen LogP contribution in [0.2, 0.25) is 0 Å². The Morgan fingerprint density at radius 2 is 2.21 bits per heavy atom. The molecule has 0 aromatic heterocycles. The lowest BCUT2D eigenvalue weighted by molar-refractivity contribution is 0.115. The van der Waals surface area contributed by atoms with E-state index in [0.29, 0.717) is 0 Å². The minimum atomic E-state index is -0.133. The van der Waals surface area contributed by atoms with Crippen molar-refractivity contribution in [3.8, 4) is 5.75 Å². The van der Waals surface area contributed by atoms with E-state index in [1.54, 1.807) is 0 Å². The normalized spacial score (nSPS) is 19.4. The Bertz CT molecular complexity index is 349. The topological polar surface area (TPSA) is 21.3 Å². The molecule has 76 valence electrons. The van der Waals surface area contributed by atoms with E-state index in [0.717, 1.165) is 23.3 Å². The van der Waals surface area contributed by atoms with E-state index >= 15 is 0 Å². The molecule has 1 aliphatic rings. The molecule has 1 aliphatic heterocycles. The van der Waals surface area contributed by atoms with Crippen molar-refractivity contribution in [2.45, 2.75) is 26.0 Å². The van der Waals surface area contributed by atoms with Crippen molar-refractivity contribution in [2.24, 2.45) is 0 Å². The molecule has 1 aromatic rings. The van der Waals surface area contributed by atoms with Crippen LogP contribution in [-0.4, -0.2) is 12.1 Å². The fourth-order valence-corrected chi connectivity index (χ4v) is 1.94. The number of benzene rings is 1. The lowest BCUT2D eigenvalue weighted by Crippen LogP contribution is -2.37. The SMILES string of the molecule is CC1(C)CNCc2ccc(Br)cc2O1. The fourth-order valence-electron chi connectivity index (χ4n) is 1.60. The smallest absolute Gasteiger partial charge is 0.125 e. The van der Waals surface area contributed by atoms with Gasteiger partial charge in [-0.3, -0.25) is 0 Å². The van der Waals surface area contributed by atoms with E-state index in [2.05, 4.69) is 41.2 Å². The van der Waals surface area contributed by atoms with E-state index in [-0.39, 0.29) is 5.60 Å². The summed E-state index contributed by atoms with van der Waals surface area (Å²) in [5, 5.41) is 3.37. The number of hydrogen-bond acceptors (Lipinski definition) is 2. The lowest BCUT2D eigenvalue weighted by Gasteiger charge is -2.24. The van der Waals surface area contributed by atoms with Gasteiger partial charge >= 0.3 is 0 Å². The molecule has 0 bridgehead atoms. The van der Waals surface area contributed by atoms with Gasteiger partial charge in [-0.25, -0.2) is 0 Å². The molecule has 0 saturated heterocycles. The molecule has 1 heterocycles. The standard InChI is InChI=1S/C11H14BrNO/c1-11(2)7-13-6-8-3-4-9(12)5-10(8)14-11/h3-5,13H,6-7H2,1-2H3. The Balaban J connectivity index is 2.38. The summed E-state index contributed by atoms with van der Waals surface area (Å²) in [6, 6.07) is 6.17. The van der Waals surface area contributed by atoms with Crippen LogP contribution in [0.3, 0.4) is 0 Å². The second-order valence-corrected chi connectivity index (χ2v) is 5.13. The number of hydrogen-bond donors (Lipinski definition) is 1. The summed E-state index contributed by atoms with van der Waals surface area (Å²) < 4.78 is 7.00. The van der Waals surface area contributed by atoms with E-state index in [1.807, 2.05) is 12.1 Å². The van der Waals surface area contributed by atoms with Crippen molar-refractivity contribution < 1.29 is 4.74 Å². The Labute approximate surface area is 92.8 Å². The highest BCUT2D eigenvalue weighted by atomic mass is 79.9. The molecule has 0 unspecified atom stereocenters. The summed E-state index contributed by atoms with van der Waals surface area (Å²) in [7, 11) is 0. The van der Waals surface area contributed by atoms with Gasteiger partial charge in [-0.15, -0.1) is 0 Å². The first kappa shape index (κ1) is 9.99. The third kappa shape index (κ3) is 2.10. The molecule has 0 fully saturated rings. The van der Waals surface area contributed by atoms with Crippen LogP contribution in [0.4, 0.5) is 0 Å². The van der Waals surface area contributed by atoms with Gasteiger partial charge in [-0.05, 0) is 26.0 Å². The largest absolute Gasteiger partial charge is 0.486 e. The molecule has 2 nitrogen and oxygen atoms in total. The van der Waals surface area contributed by atoms with Gasteiger partial charge in [0, 0.05) is 23.1 Å². The molecule has 1 aromatic carbocycles. The van der Waals surface area contributed by atoms with Gasteiger partial charge in [-0.2, -0.15) is 0 Å². The van der Waals surface area contributed by atoms with Crippen molar-refractivity contribution in [3.63, 3.8) is 0 Å². The molecule has 2 rings (SSSR count). The first-order valence-electron chi connectivity index (χ1n) is 4.75. The summed E-state index contributed by atoms with van der Waals surface area (Å²) in [5.41, 5.74) is 1.09. The van der Waals surface area contributed by atoms with Crippen molar-refractivity contribution in [3.05, 3.63) is 28.2 Å². The van der Waals surface area contributed by atoms with Gasteiger partial charge < -0.3 is 10.1 Å². The molecule has 3 heteroatoms. The zero-order valence-corrected chi connectivity index (χ0v) is 10.0. The van der Waals surface area contributed by atoms with Crippen LogP contribution in [-0.2, 0) is 6.54 Å². The first-order valence-corrected chi connectivity index (χ1v) is 5.54. The second-order valence-electron chi connectivity index (χ2n) is 4.22. The average Bonchev–Trinajstić information content (AvgIpc) is 2.21. The Morgan fingerprint density at radius 1 is 1.43 bits per heavy atom. The van der Waals surface area contributed by atoms with Crippen LogP contribution in [0.5, 0.6) is 5.75 Å². The van der Waals surface area contributed by atoms with E-state index in [1.165, 1.54) is 5.56 Å². The van der Waals surface area contributed by atoms with Gasteiger partial charge in [0.25, 0.3) is 0 Å². The molecule has 1 N–H and O–H groups in total. The molecule has 0 spiro atoms. The third-order valence-electron chi connectivity index (χ3n) is 2.28. The number of rotatable bonds is 0. The van der Waals surface area contributed by atoms with E-state index < -0.39 is 0 Å². The Hall–Kier alpha value is -0.540. The number of fused-ring (bicyclic) bond motifs is 1. The number of ether oxygens (including phenoxy) is 1. The highest BCUT2D eigenvalue weighted by Crippen LogP contribution is 2.28. The summed E-state index contributed by atoms with van der Waals surface area (Å²) in [6.45, 7) is 5.94. The Morgan fingerprint density at radius 3 is 3.00 bits per heavy atom. The number of halogens is 1. The minimum Gasteiger partial charge on any atom is -0.486 e. The van der Waals surface area contributed by atoms with Crippen molar-refractivity contribution in [1.29, 1.82) is 0 Å². The molecular formula is C11H14BrNO. The molecule has 0 radical (unpaired) electrons. The highest BCUT2D eigenvalue weighted by molar-refractivity contribution is 9.10. The predicted octanol–water partition coefficient (Wildman–Crippen LogP) is 2.71. The molecule has 0 atom stereocenters. The van der Waals surface area contributed by atoms with Crippen molar-refractivity contribution in [1.82, 2.24) is 5.32 Å². The molecule has 0 amide bonds. The Kier molecular flexibility index (Phi) is 2.54. The zero-order chi connectivity index (χ0) is 10.2. The van der Waals surface area contributed by atoms with E-state index in [4.69, 9.17) is 4.74 Å². The molecule has 14 heavy (non-hydrogen) atoms. The first-order chi connectivity index (χ1) is 6.57. The summed E-state index contributed by atoms with van der Waals surface area (Å²) in [5.74, 6) is 0.981. The van der Waals surface area contributed by atoms with Crippen LogP contribution >= 0.6 is 15.9 Å². The predicted molar refractivity (Wildman–Crippen MR) is 60.6 cm³/mol.